The summed E-state index contributed by atoms with van der Waals surface area (Å²) in [6, 6.07) is 15.4. The van der Waals surface area contributed by atoms with Crippen LogP contribution in [0.1, 0.15) is 37.1 Å². The molecule has 3 N–H and O–H groups in total. The van der Waals surface area contributed by atoms with Gasteiger partial charge in [-0.3, -0.25) is 4.79 Å². The highest BCUT2D eigenvalue weighted by molar-refractivity contribution is 6.35. The number of halogens is 2. The Morgan fingerprint density at radius 1 is 1.13 bits per heavy atom. The molecule has 0 saturated carbocycles. The second kappa shape index (κ2) is 8.34. The highest BCUT2D eigenvalue weighted by atomic mass is 35.5. The van der Waals surface area contributed by atoms with Crippen LogP contribution in [0.25, 0.3) is 0 Å². The summed E-state index contributed by atoms with van der Waals surface area (Å²) < 4.78 is 0. The molecule has 2 aromatic carbocycles. The number of amides is 1. The number of nitrogens with one attached hydrogen (secondary N) is 1. The molecule has 2 atom stereocenters. The maximum absolute atomic E-state index is 12.1. The van der Waals surface area contributed by atoms with Crippen LogP contribution in [0, 0.1) is 0 Å². The van der Waals surface area contributed by atoms with E-state index in [4.69, 9.17) is 23.2 Å². The van der Waals surface area contributed by atoms with Crippen molar-refractivity contribution in [2.24, 2.45) is 0 Å². The molecule has 0 aliphatic heterocycles. The second-order valence-corrected chi connectivity index (χ2v) is 6.44. The predicted octanol–water partition coefficient (Wildman–Crippen LogP) is 3.50. The van der Waals surface area contributed by atoms with Crippen LogP contribution in [0.2, 0.25) is 10.0 Å². The number of hydrogen-bond acceptors (Lipinski definition) is 1. The van der Waals surface area contributed by atoms with Crippen LogP contribution in [0.5, 0.6) is 0 Å². The minimum atomic E-state index is -0.00785. The smallest absolute Gasteiger partial charge is 0.275 e. The molecule has 0 saturated heterocycles. The van der Waals surface area contributed by atoms with Gasteiger partial charge in [0, 0.05) is 10.6 Å². The van der Waals surface area contributed by atoms with E-state index in [0.29, 0.717) is 16.6 Å². The quantitative estimate of drug-likeness (QED) is 0.821. The zero-order valence-corrected chi connectivity index (χ0v) is 14.7. The Labute approximate surface area is 147 Å². The number of carbonyl (C=O) groups is 1. The van der Waals surface area contributed by atoms with Crippen molar-refractivity contribution in [3.63, 3.8) is 0 Å². The number of benzene rings is 2. The first-order valence-corrected chi connectivity index (χ1v) is 8.35. The van der Waals surface area contributed by atoms with Gasteiger partial charge in [0.1, 0.15) is 6.04 Å². The van der Waals surface area contributed by atoms with Crippen LogP contribution in [0.15, 0.2) is 48.5 Å². The van der Waals surface area contributed by atoms with Gasteiger partial charge in [-0.15, -0.1) is 0 Å². The standard InChI is InChI=1S/C18H20Cl2N2O/c1-12(14-6-4-3-5-7-14)22-18(23)11-21-13(2)16-9-8-15(19)10-17(16)20/h3-10,12-13,21H,11H2,1-2H3,(H,22,23)/p+1/t12-,13+/m1/s1. The van der Waals surface area contributed by atoms with Crippen molar-refractivity contribution < 1.29 is 10.1 Å². The molecule has 0 fully saturated rings. The average molecular weight is 352 g/mol. The SMILES string of the molecule is C[C@H]([NH2+]CC(=O)N[C@H](C)c1ccccc1)c1ccc(Cl)cc1Cl. The van der Waals surface area contributed by atoms with E-state index in [1.165, 1.54) is 0 Å². The Morgan fingerprint density at radius 2 is 1.83 bits per heavy atom. The number of rotatable bonds is 6. The first-order valence-electron chi connectivity index (χ1n) is 7.60. The lowest BCUT2D eigenvalue weighted by Crippen LogP contribution is -2.87. The monoisotopic (exact) mass is 351 g/mol. The van der Waals surface area contributed by atoms with Crippen molar-refractivity contribution in [3.8, 4) is 0 Å². The summed E-state index contributed by atoms with van der Waals surface area (Å²) in [5.74, 6) is -0.00158. The van der Waals surface area contributed by atoms with Crippen molar-refractivity contribution in [1.29, 1.82) is 0 Å². The van der Waals surface area contributed by atoms with E-state index in [1.807, 2.05) is 61.6 Å². The third-order valence-corrected chi connectivity index (χ3v) is 4.35. The molecule has 0 aliphatic rings. The lowest BCUT2D eigenvalue weighted by atomic mass is 10.1. The number of nitrogens with two attached hydrogens (primary N) is 1. The third-order valence-electron chi connectivity index (χ3n) is 3.79. The van der Waals surface area contributed by atoms with Crippen LogP contribution in [0.3, 0.4) is 0 Å². The van der Waals surface area contributed by atoms with E-state index in [2.05, 4.69) is 5.32 Å². The maximum atomic E-state index is 12.1. The molecule has 3 nitrogen and oxygen atoms in total. The minimum Gasteiger partial charge on any atom is -0.345 e. The van der Waals surface area contributed by atoms with E-state index in [0.717, 1.165) is 11.1 Å². The largest absolute Gasteiger partial charge is 0.345 e. The molecule has 2 rings (SSSR count). The van der Waals surface area contributed by atoms with Crippen molar-refractivity contribution in [3.05, 3.63) is 69.7 Å². The molecule has 1 amide bonds. The van der Waals surface area contributed by atoms with E-state index in [1.54, 1.807) is 6.07 Å². The topological polar surface area (TPSA) is 45.7 Å². The van der Waals surface area contributed by atoms with Crippen LogP contribution >= 0.6 is 23.2 Å². The number of hydrogen-bond donors (Lipinski definition) is 2. The Bertz CT molecular complexity index is 661. The number of carbonyl (C=O) groups excluding carboxylic acids is 1. The van der Waals surface area contributed by atoms with Crippen LogP contribution in [-0.4, -0.2) is 12.5 Å². The first-order chi connectivity index (χ1) is 11.0. The fraction of sp³-hybridized carbons (Fsp3) is 0.278. The van der Waals surface area contributed by atoms with Crippen molar-refractivity contribution in [2.45, 2.75) is 25.9 Å². The zero-order valence-electron chi connectivity index (χ0n) is 13.2. The molecule has 0 aliphatic carbocycles. The van der Waals surface area contributed by atoms with Gasteiger partial charge in [0.15, 0.2) is 6.54 Å². The van der Waals surface area contributed by atoms with Gasteiger partial charge in [-0.25, -0.2) is 0 Å². The zero-order chi connectivity index (χ0) is 16.8. The molecule has 0 heterocycles. The van der Waals surface area contributed by atoms with Gasteiger partial charge in [0.2, 0.25) is 0 Å². The Kier molecular flexibility index (Phi) is 6.46. The van der Waals surface area contributed by atoms with Gasteiger partial charge in [-0.2, -0.15) is 0 Å². The molecule has 0 radical (unpaired) electrons. The van der Waals surface area contributed by atoms with E-state index < -0.39 is 0 Å². The molecule has 0 aromatic heterocycles. The van der Waals surface area contributed by atoms with Crippen molar-refractivity contribution in [2.75, 3.05) is 6.54 Å². The Hall–Kier alpha value is -1.55. The van der Waals surface area contributed by atoms with Gasteiger partial charge < -0.3 is 10.6 Å². The van der Waals surface area contributed by atoms with Gasteiger partial charge in [0.25, 0.3) is 5.91 Å². The molecule has 0 spiro atoms. The first kappa shape index (κ1) is 17.8. The molecule has 0 bridgehead atoms. The van der Waals surface area contributed by atoms with Gasteiger partial charge in [0.05, 0.1) is 11.1 Å². The van der Waals surface area contributed by atoms with Gasteiger partial charge in [-0.05, 0) is 31.5 Å². The highest BCUT2D eigenvalue weighted by Crippen LogP contribution is 2.24. The lowest BCUT2D eigenvalue weighted by Gasteiger charge is -2.16. The Morgan fingerprint density at radius 3 is 2.48 bits per heavy atom. The summed E-state index contributed by atoms with van der Waals surface area (Å²) in [7, 11) is 0. The maximum Gasteiger partial charge on any atom is 0.275 e. The number of quaternary nitrogens is 1. The molecule has 122 valence electrons. The van der Waals surface area contributed by atoms with Crippen LogP contribution in [0.4, 0.5) is 0 Å². The summed E-state index contributed by atoms with van der Waals surface area (Å²) in [5, 5.41) is 6.20. The summed E-state index contributed by atoms with van der Waals surface area (Å²) in [6.07, 6.45) is 0. The average Bonchev–Trinajstić information content (AvgIpc) is 2.53. The minimum absolute atomic E-state index is 0.00158. The molecule has 0 unspecified atom stereocenters. The predicted molar refractivity (Wildman–Crippen MR) is 94.7 cm³/mol. The van der Waals surface area contributed by atoms with E-state index in [-0.39, 0.29) is 18.0 Å². The molecule has 2 aromatic rings. The van der Waals surface area contributed by atoms with E-state index in [9.17, 15) is 4.79 Å². The molecular weight excluding hydrogens is 331 g/mol. The molecular formula is C18H21Cl2N2O+. The summed E-state index contributed by atoms with van der Waals surface area (Å²) in [6.45, 7) is 4.34. The molecule has 5 heteroatoms. The molecule has 23 heavy (non-hydrogen) atoms. The van der Waals surface area contributed by atoms with E-state index >= 15 is 0 Å². The highest BCUT2D eigenvalue weighted by Gasteiger charge is 2.16. The van der Waals surface area contributed by atoms with Gasteiger partial charge >= 0.3 is 0 Å². The Balaban J connectivity index is 1.86. The lowest BCUT2D eigenvalue weighted by molar-refractivity contribution is -0.682. The summed E-state index contributed by atoms with van der Waals surface area (Å²) in [4.78, 5) is 12.1. The fourth-order valence-electron chi connectivity index (χ4n) is 2.41. The summed E-state index contributed by atoms with van der Waals surface area (Å²) in [5.41, 5.74) is 2.06. The van der Waals surface area contributed by atoms with Gasteiger partial charge in [-0.1, -0.05) is 59.6 Å². The summed E-state index contributed by atoms with van der Waals surface area (Å²) >= 11 is 12.1. The normalized spacial score (nSPS) is 13.4. The van der Waals surface area contributed by atoms with Crippen molar-refractivity contribution in [1.82, 2.24) is 5.32 Å². The third kappa shape index (κ3) is 5.24. The van der Waals surface area contributed by atoms with Crippen LogP contribution in [-0.2, 0) is 4.79 Å². The second-order valence-electron chi connectivity index (χ2n) is 5.59. The fourth-order valence-corrected chi connectivity index (χ4v) is 2.99. The van der Waals surface area contributed by atoms with Crippen LogP contribution < -0.4 is 10.6 Å². The van der Waals surface area contributed by atoms with Crippen molar-refractivity contribution >= 4 is 29.1 Å².